The van der Waals surface area contributed by atoms with Crippen LogP contribution in [0.5, 0.6) is 0 Å². The fourth-order valence-electron chi connectivity index (χ4n) is 2.53. The highest BCUT2D eigenvalue weighted by Crippen LogP contribution is 2.19. The van der Waals surface area contributed by atoms with Gasteiger partial charge in [-0.2, -0.15) is 0 Å². The smallest absolute Gasteiger partial charge is 0.222 e. The topological polar surface area (TPSA) is 49.8 Å². The number of aromatic nitrogens is 2. The summed E-state index contributed by atoms with van der Waals surface area (Å²) in [6.45, 7) is 4.23. The van der Waals surface area contributed by atoms with E-state index in [1.165, 1.54) is 11.1 Å². The van der Waals surface area contributed by atoms with Crippen LogP contribution in [0.4, 0.5) is 5.95 Å². The van der Waals surface area contributed by atoms with Gasteiger partial charge in [0.2, 0.25) is 5.95 Å². The van der Waals surface area contributed by atoms with Crippen molar-refractivity contribution < 1.29 is 0 Å². The van der Waals surface area contributed by atoms with Gasteiger partial charge in [0.15, 0.2) is 0 Å². The molecular weight excluding hydrogens is 248 g/mol. The highest BCUT2D eigenvalue weighted by Gasteiger charge is 2.13. The first-order chi connectivity index (χ1) is 9.81. The predicted octanol–water partition coefficient (Wildman–Crippen LogP) is 2.62. The van der Waals surface area contributed by atoms with E-state index in [9.17, 15) is 0 Å². The van der Waals surface area contributed by atoms with Crippen molar-refractivity contribution in [1.82, 2.24) is 15.3 Å². The normalized spacial score (nSPS) is 16.1. The fraction of sp³-hybridized carbons (Fsp3) is 0.375. The molecule has 0 atom stereocenters. The van der Waals surface area contributed by atoms with Crippen LogP contribution >= 0.6 is 0 Å². The Balaban J connectivity index is 1.71. The minimum Gasteiger partial charge on any atom is -0.351 e. The molecule has 0 aliphatic carbocycles. The van der Waals surface area contributed by atoms with Gasteiger partial charge in [-0.1, -0.05) is 29.8 Å². The van der Waals surface area contributed by atoms with Crippen LogP contribution in [0.25, 0.3) is 11.1 Å². The minimum absolute atomic E-state index is 0.487. The van der Waals surface area contributed by atoms with E-state index in [1.54, 1.807) is 0 Å². The molecule has 2 N–H and O–H groups in total. The second-order valence-electron chi connectivity index (χ2n) is 5.33. The van der Waals surface area contributed by atoms with Crippen molar-refractivity contribution in [2.24, 2.45) is 0 Å². The Morgan fingerprint density at radius 2 is 1.85 bits per heavy atom. The van der Waals surface area contributed by atoms with Crippen molar-refractivity contribution in [3.8, 4) is 11.1 Å². The molecule has 0 radical (unpaired) electrons. The molecule has 0 spiro atoms. The molecule has 0 amide bonds. The molecule has 2 heterocycles. The van der Waals surface area contributed by atoms with Gasteiger partial charge in [-0.05, 0) is 38.4 Å². The number of anilines is 1. The molecule has 1 saturated heterocycles. The van der Waals surface area contributed by atoms with Crippen LogP contribution in [0.2, 0.25) is 0 Å². The van der Waals surface area contributed by atoms with Crippen molar-refractivity contribution in [2.45, 2.75) is 25.8 Å². The van der Waals surface area contributed by atoms with Gasteiger partial charge in [-0.3, -0.25) is 0 Å². The number of piperidine rings is 1. The molecule has 0 saturated carbocycles. The van der Waals surface area contributed by atoms with E-state index >= 15 is 0 Å². The summed E-state index contributed by atoms with van der Waals surface area (Å²) >= 11 is 0. The van der Waals surface area contributed by atoms with Crippen LogP contribution in [-0.4, -0.2) is 29.1 Å². The molecular formula is C16H20N4. The standard InChI is InChI=1S/C16H20N4/c1-12-3-2-4-13(9-12)14-10-18-16(19-11-14)20-15-5-7-17-8-6-15/h2-4,9-11,15,17H,5-8H2,1H3,(H,18,19,20). The van der Waals surface area contributed by atoms with Gasteiger partial charge >= 0.3 is 0 Å². The van der Waals surface area contributed by atoms with E-state index in [4.69, 9.17) is 0 Å². The molecule has 0 bridgehead atoms. The van der Waals surface area contributed by atoms with E-state index in [1.807, 2.05) is 12.4 Å². The molecule has 0 unspecified atom stereocenters. The number of hydrogen-bond donors (Lipinski definition) is 2. The third kappa shape index (κ3) is 3.14. The molecule has 1 aliphatic rings. The van der Waals surface area contributed by atoms with E-state index in [-0.39, 0.29) is 0 Å². The quantitative estimate of drug-likeness (QED) is 0.898. The van der Waals surface area contributed by atoms with Crippen LogP contribution in [0.3, 0.4) is 0 Å². The van der Waals surface area contributed by atoms with Gasteiger partial charge in [-0.25, -0.2) is 9.97 Å². The molecule has 4 nitrogen and oxygen atoms in total. The Morgan fingerprint density at radius 3 is 2.55 bits per heavy atom. The summed E-state index contributed by atoms with van der Waals surface area (Å²) in [4.78, 5) is 8.87. The highest BCUT2D eigenvalue weighted by molar-refractivity contribution is 5.62. The first kappa shape index (κ1) is 13.1. The fourth-order valence-corrected chi connectivity index (χ4v) is 2.53. The van der Waals surface area contributed by atoms with Gasteiger partial charge in [0, 0.05) is 24.0 Å². The SMILES string of the molecule is Cc1cccc(-c2cnc(NC3CCNCC3)nc2)c1. The van der Waals surface area contributed by atoms with Crippen LogP contribution in [-0.2, 0) is 0 Å². The number of rotatable bonds is 3. The predicted molar refractivity (Wildman–Crippen MR) is 81.7 cm³/mol. The molecule has 1 fully saturated rings. The van der Waals surface area contributed by atoms with Crippen molar-refractivity contribution in [1.29, 1.82) is 0 Å². The van der Waals surface area contributed by atoms with Gasteiger partial charge < -0.3 is 10.6 Å². The maximum Gasteiger partial charge on any atom is 0.222 e. The molecule has 3 rings (SSSR count). The molecule has 1 aliphatic heterocycles. The van der Waals surface area contributed by atoms with Gasteiger partial charge in [-0.15, -0.1) is 0 Å². The molecule has 1 aromatic heterocycles. The summed E-state index contributed by atoms with van der Waals surface area (Å²) in [5.74, 6) is 0.730. The van der Waals surface area contributed by atoms with Crippen LogP contribution in [0, 0.1) is 6.92 Å². The Labute approximate surface area is 119 Å². The largest absolute Gasteiger partial charge is 0.351 e. The van der Waals surface area contributed by atoms with E-state index < -0.39 is 0 Å². The summed E-state index contributed by atoms with van der Waals surface area (Å²) in [7, 11) is 0. The Kier molecular flexibility index (Phi) is 3.92. The first-order valence-corrected chi connectivity index (χ1v) is 7.17. The molecule has 2 aromatic rings. The zero-order chi connectivity index (χ0) is 13.8. The van der Waals surface area contributed by atoms with Crippen molar-refractivity contribution >= 4 is 5.95 Å². The lowest BCUT2D eigenvalue weighted by atomic mass is 10.1. The first-order valence-electron chi connectivity index (χ1n) is 7.17. The lowest BCUT2D eigenvalue weighted by molar-refractivity contribution is 0.477. The third-order valence-electron chi connectivity index (χ3n) is 3.68. The van der Waals surface area contributed by atoms with Crippen LogP contribution in [0.15, 0.2) is 36.7 Å². The average Bonchev–Trinajstić information content (AvgIpc) is 2.49. The Bertz CT molecular complexity index is 559. The minimum atomic E-state index is 0.487. The highest BCUT2D eigenvalue weighted by atomic mass is 15.1. The molecule has 20 heavy (non-hydrogen) atoms. The Morgan fingerprint density at radius 1 is 1.10 bits per heavy atom. The van der Waals surface area contributed by atoms with Gasteiger partial charge in [0.05, 0.1) is 0 Å². The molecule has 104 valence electrons. The number of nitrogens with zero attached hydrogens (tertiary/aromatic N) is 2. The summed E-state index contributed by atoms with van der Waals surface area (Å²) in [5, 5.41) is 6.76. The second kappa shape index (κ2) is 6.01. The van der Waals surface area contributed by atoms with Gasteiger partial charge in [0.25, 0.3) is 0 Å². The van der Waals surface area contributed by atoms with E-state index in [0.29, 0.717) is 6.04 Å². The lowest BCUT2D eigenvalue weighted by Crippen LogP contribution is -2.35. The maximum absolute atomic E-state index is 4.44. The third-order valence-corrected chi connectivity index (χ3v) is 3.68. The Hall–Kier alpha value is -1.94. The van der Waals surface area contributed by atoms with E-state index in [2.05, 4.69) is 51.8 Å². The van der Waals surface area contributed by atoms with Crippen LogP contribution < -0.4 is 10.6 Å². The van der Waals surface area contributed by atoms with Crippen molar-refractivity contribution in [3.05, 3.63) is 42.2 Å². The van der Waals surface area contributed by atoms with Crippen molar-refractivity contribution in [3.63, 3.8) is 0 Å². The lowest BCUT2D eigenvalue weighted by Gasteiger charge is -2.23. The molecule has 4 heteroatoms. The summed E-state index contributed by atoms with van der Waals surface area (Å²) in [5.41, 5.74) is 3.47. The number of aryl methyl sites for hydroxylation is 1. The summed E-state index contributed by atoms with van der Waals surface area (Å²) in [6.07, 6.45) is 6.04. The number of nitrogens with one attached hydrogen (secondary N) is 2. The van der Waals surface area contributed by atoms with Crippen molar-refractivity contribution in [2.75, 3.05) is 18.4 Å². The van der Waals surface area contributed by atoms with Gasteiger partial charge in [0.1, 0.15) is 0 Å². The number of hydrogen-bond acceptors (Lipinski definition) is 4. The zero-order valence-corrected chi connectivity index (χ0v) is 11.8. The molecule has 1 aromatic carbocycles. The van der Waals surface area contributed by atoms with E-state index in [0.717, 1.165) is 37.4 Å². The maximum atomic E-state index is 4.44. The average molecular weight is 268 g/mol. The summed E-state index contributed by atoms with van der Waals surface area (Å²) in [6, 6.07) is 8.88. The zero-order valence-electron chi connectivity index (χ0n) is 11.8. The van der Waals surface area contributed by atoms with Crippen LogP contribution in [0.1, 0.15) is 18.4 Å². The second-order valence-corrected chi connectivity index (χ2v) is 5.33. The number of benzene rings is 1. The summed E-state index contributed by atoms with van der Waals surface area (Å²) < 4.78 is 0. The monoisotopic (exact) mass is 268 g/mol.